The maximum Gasteiger partial charge on any atom is 0.230 e. The molecule has 0 aliphatic heterocycles. The van der Waals surface area contributed by atoms with Crippen molar-refractivity contribution in [1.82, 2.24) is 20.4 Å². The van der Waals surface area contributed by atoms with Gasteiger partial charge in [0.05, 0.1) is 12.8 Å². The summed E-state index contributed by atoms with van der Waals surface area (Å²) in [4.78, 5) is 25.3. The predicted molar refractivity (Wildman–Crippen MR) is 169 cm³/mol. The summed E-state index contributed by atoms with van der Waals surface area (Å²) in [6, 6.07) is 16.1. The summed E-state index contributed by atoms with van der Waals surface area (Å²) in [5.41, 5.74) is 4.21. The predicted octanol–water partition coefficient (Wildman–Crippen LogP) is 6.58. The third-order valence-electron chi connectivity index (χ3n) is 7.31. The van der Waals surface area contributed by atoms with Crippen molar-refractivity contribution in [3.63, 3.8) is 0 Å². The summed E-state index contributed by atoms with van der Waals surface area (Å²) >= 11 is 2.91. The molecule has 1 saturated carbocycles. The Kier molecular flexibility index (Phi) is 10.3. The van der Waals surface area contributed by atoms with Gasteiger partial charge in [-0.1, -0.05) is 78.8 Å². The van der Waals surface area contributed by atoms with Crippen LogP contribution in [0.5, 0.6) is 0 Å². The maximum absolute atomic E-state index is 12.7. The number of benzene rings is 2. The van der Waals surface area contributed by atoms with Crippen LogP contribution in [-0.4, -0.2) is 38.8 Å². The summed E-state index contributed by atoms with van der Waals surface area (Å²) in [7, 11) is 0. The fourth-order valence-corrected chi connectivity index (χ4v) is 7.23. The molecule has 0 bridgehead atoms. The third-order valence-corrected chi connectivity index (χ3v) is 9.32. The summed E-state index contributed by atoms with van der Waals surface area (Å²) in [6.45, 7) is 5.03. The molecule has 2 amide bonds. The van der Waals surface area contributed by atoms with Gasteiger partial charge in [-0.3, -0.25) is 9.59 Å². The second-order valence-corrected chi connectivity index (χ2v) is 12.7. The monoisotopic (exact) mass is 603 g/mol. The SMILES string of the molecule is CCCc1cccc(CC(=O)Nc2nnc([C@H]3CCC[C@H](c4nnc(NC(=O)Cc5cccc(NCC)c5)s4)C3)s2)c1. The van der Waals surface area contributed by atoms with Gasteiger partial charge in [0, 0.05) is 24.1 Å². The Balaban J connectivity index is 1.13. The molecule has 0 spiro atoms. The van der Waals surface area contributed by atoms with E-state index in [0.717, 1.165) is 71.9 Å². The molecule has 1 aliphatic rings. The highest BCUT2D eigenvalue weighted by atomic mass is 32.1. The van der Waals surface area contributed by atoms with Gasteiger partial charge in [-0.05, 0) is 61.4 Å². The van der Waals surface area contributed by atoms with Crippen LogP contribution in [0.3, 0.4) is 0 Å². The highest BCUT2D eigenvalue weighted by molar-refractivity contribution is 7.15. The molecule has 0 saturated heterocycles. The lowest BCUT2D eigenvalue weighted by Gasteiger charge is -2.25. The summed E-state index contributed by atoms with van der Waals surface area (Å²) < 4.78 is 0. The van der Waals surface area contributed by atoms with E-state index in [1.165, 1.54) is 28.2 Å². The number of aryl methyl sites for hydroxylation is 1. The molecule has 220 valence electrons. The minimum Gasteiger partial charge on any atom is -0.385 e. The number of nitrogens with one attached hydrogen (secondary N) is 3. The van der Waals surface area contributed by atoms with E-state index in [9.17, 15) is 9.59 Å². The highest BCUT2D eigenvalue weighted by Crippen LogP contribution is 2.43. The molecule has 5 rings (SSSR count). The van der Waals surface area contributed by atoms with Crippen LogP contribution in [0.15, 0.2) is 48.5 Å². The minimum absolute atomic E-state index is 0.0818. The molecule has 1 aliphatic carbocycles. The van der Waals surface area contributed by atoms with Gasteiger partial charge in [0.15, 0.2) is 0 Å². The van der Waals surface area contributed by atoms with Crippen molar-refractivity contribution in [2.45, 2.75) is 77.0 Å². The van der Waals surface area contributed by atoms with Crippen molar-refractivity contribution >= 4 is 50.4 Å². The van der Waals surface area contributed by atoms with Crippen LogP contribution in [0.1, 0.15) is 84.5 Å². The van der Waals surface area contributed by atoms with Gasteiger partial charge in [-0.25, -0.2) is 0 Å². The molecule has 2 heterocycles. The molecule has 1 fully saturated rings. The number of rotatable bonds is 12. The Hall–Kier alpha value is -3.70. The lowest BCUT2D eigenvalue weighted by atomic mass is 9.82. The van der Waals surface area contributed by atoms with E-state index in [1.54, 1.807) is 0 Å². The van der Waals surface area contributed by atoms with Crippen LogP contribution >= 0.6 is 22.7 Å². The van der Waals surface area contributed by atoms with Gasteiger partial charge in [0.1, 0.15) is 10.0 Å². The van der Waals surface area contributed by atoms with Crippen molar-refractivity contribution < 1.29 is 9.59 Å². The molecular weight excluding hydrogens is 567 g/mol. The number of carbonyl (C=O) groups excluding carboxylic acids is 2. The van der Waals surface area contributed by atoms with Crippen molar-refractivity contribution in [2.24, 2.45) is 0 Å². The van der Waals surface area contributed by atoms with E-state index in [2.05, 4.69) is 55.4 Å². The number of aromatic nitrogens is 4. The van der Waals surface area contributed by atoms with E-state index in [4.69, 9.17) is 0 Å². The standard InChI is InChI=1S/C31H37N7O2S2/c1-3-8-20-9-5-10-21(15-20)17-26(39)33-30-37-35-28(41-30)23-12-7-13-24(19-23)29-36-38-31(42-29)34-27(40)18-22-11-6-14-25(16-22)32-4-2/h5-6,9-11,14-16,23-24,32H,3-4,7-8,12-13,17-19H2,1-2H3,(H,33,37,39)(H,34,38,40)/t23-,24-/m0/s1. The average Bonchev–Trinajstić information content (AvgIpc) is 3.64. The number of anilines is 3. The highest BCUT2D eigenvalue weighted by Gasteiger charge is 2.29. The second kappa shape index (κ2) is 14.5. The Morgan fingerprint density at radius 2 is 1.36 bits per heavy atom. The van der Waals surface area contributed by atoms with Crippen LogP contribution < -0.4 is 16.0 Å². The van der Waals surface area contributed by atoms with Crippen LogP contribution in [0.25, 0.3) is 0 Å². The molecule has 2 aromatic heterocycles. The molecule has 2 atom stereocenters. The molecule has 3 N–H and O–H groups in total. The van der Waals surface area contributed by atoms with Crippen molar-refractivity contribution in [3.8, 4) is 0 Å². The lowest BCUT2D eigenvalue weighted by molar-refractivity contribution is -0.116. The molecule has 42 heavy (non-hydrogen) atoms. The first-order valence-electron chi connectivity index (χ1n) is 14.7. The first-order chi connectivity index (χ1) is 20.5. The van der Waals surface area contributed by atoms with Gasteiger partial charge < -0.3 is 16.0 Å². The minimum atomic E-state index is -0.107. The van der Waals surface area contributed by atoms with Crippen molar-refractivity contribution in [1.29, 1.82) is 0 Å². The van der Waals surface area contributed by atoms with Crippen LogP contribution in [0.2, 0.25) is 0 Å². The van der Waals surface area contributed by atoms with Crippen molar-refractivity contribution in [3.05, 3.63) is 75.2 Å². The number of hydrogen-bond donors (Lipinski definition) is 3. The second-order valence-electron chi connectivity index (χ2n) is 10.7. The molecule has 9 nitrogen and oxygen atoms in total. The number of carbonyl (C=O) groups is 2. The van der Waals surface area contributed by atoms with Crippen molar-refractivity contribution in [2.75, 3.05) is 22.5 Å². The average molecular weight is 604 g/mol. The molecule has 4 aromatic rings. The molecular formula is C31H37N7O2S2. The van der Waals surface area contributed by atoms with Gasteiger partial charge >= 0.3 is 0 Å². The van der Waals surface area contributed by atoms with E-state index in [-0.39, 0.29) is 30.1 Å². The van der Waals surface area contributed by atoms with Gasteiger partial charge in [0.2, 0.25) is 22.1 Å². The summed E-state index contributed by atoms with van der Waals surface area (Å²) in [5.74, 6) is 0.316. The summed E-state index contributed by atoms with van der Waals surface area (Å²) in [6.07, 6.45) is 6.68. The molecule has 0 radical (unpaired) electrons. The zero-order valence-electron chi connectivity index (χ0n) is 24.1. The molecule has 0 unspecified atom stereocenters. The Bertz CT molecular complexity index is 1390. The molecule has 2 aromatic carbocycles. The van der Waals surface area contributed by atoms with Gasteiger partial charge in [0.25, 0.3) is 0 Å². The van der Waals surface area contributed by atoms with E-state index in [1.807, 2.05) is 43.3 Å². The zero-order valence-corrected chi connectivity index (χ0v) is 25.7. The maximum atomic E-state index is 12.7. The number of hydrogen-bond acceptors (Lipinski definition) is 9. The normalized spacial score (nSPS) is 16.6. The largest absolute Gasteiger partial charge is 0.385 e. The topological polar surface area (TPSA) is 122 Å². The number of amides is 2. The zero-order chi connectivity index (χ0) is 29.3. The van der Waals surface area contributed by atoms with E-state index < -0.39 is 0 Å². The van der Waals surface area contributed by atoms with Crippen LogP contribution in [0.4, 0.5) is 16.0 Å². The fourth-order valence-electron chi connectivity index (χ4n) is 5.42. The quantitative estimate of drug-likeness (QED) is 0.167. The Labute approximate surface area is 254 Å². The third kappa shape index (κ3) is 8.19. The smallest absolute Gasteiger partial charge is 0.230 e. The van der Waals surface area contributed by atoms with Crippen LogP contribution in [0, 0.1) is 0 Å². The Morgan fingerprint density at radius 1 is 0.786 bits per heavy atom. The fraction of sp³-hybridized carbons (Fsp3) is 0.419. The van der Waals surface area contributed by atoms with Crippen LogP contribution in [-0.2, 0) is 28.9 Å². The van der Waals surface area contributed by atoms with E-state index in [0.29, 0.717) is 16.7 Å². The van der Waals surface area contributed by atoms with Gasteiger partial charge in [-0.2, -0.15) is 0 Å². The first-order valence-corrected chi connectivity index (χ1v) is 16.3. The Morgan fingerprint density at radius 3 is 1.95 bits per heavy atom. The van der Waals surface area contributed by atoms with Gasteiger partial charge in [-0.15, -0.1) is 20.4 Å². The lowest BCUT2D eigenvalue weighted by Crippen LogP contribution is -2.14. The summed E-state index contributed by atoms with van der Waals surface area (Å²) in [5, 5.41) is 29.4. The van der Waals surface area contributed by atoms with E-state index >= 15 is 0 Å². The number of nitrogens with zero attached hydrogens (tertiary/aromatic N) is 4. The molecule has 11 heteroatoms. The first kappa shape index (κ1) is 29.8.